The summed E-state index contributed by atoms with van der Waals surface area (Å²) in [5.74, 6) is 1.13. The van der Waals surface area contributed by atoms with Gasteiger partial charge in [-0.15, -0.1) is 0 Å². The van der Waals surface area contributed by atoms with Crippen LogP contribution in [0, 0.1) is 5.82 Å². The second-order valence-electron chi connectivity index (χ2n) is 5.02. The van der Waals surface area contributed by atoms with Crippen molar-refractivity contribution in [2.24, 2.45) is 5.73 Å². The normalized spacial score (nSPS) is 20.6. The fraction of sp³-hybridized carbons (Fsp3) is 0.250. The second kappa shape index (κ2) is 5.66. The van der Waals surface area contributed by atoms with E-state index in [0.29, 0.717) is 22.2 Å². The summed E-state index contributed by atoms with van der Waals surface area (Å²) < 4.78 is 25.9. The van der Waals surface area contributed by atoms with Crippen LogP contribution in [0.4, 0.5) is 4.39 Å². The average molecular weight is 352 g/mol. The number of fused-ring (bicyclic) bond motifs is 1. The molecule has 3 rings (SSSR count). The van der Waals surface area contributed by atoms with E-state index in [1.807, 2.05) is 18.2 Å². The highest BCUT2D eigenvalue weighted by molar-refractivity contribution is 9.10. The maximum absolute atomic E-state index is 14.1. The molecule has 0 spiro atoms. The first kappa shape index (κ1) is 14.4. The molecule has 2 atom stereocenters. The van der Waals surface area contributed by atoms with Crippen LogP contribution in [0.2, 0.25) is 0 Å². The van der Waals surface area contributed by atoms with Gasteiger partial charge in [0.15, 0.2) is 0 Å². The van der Waals surface area contributed by atoms with Crippen molar-refractivity contribution in [1.29, 1.82) is 0 Å². The van der Waals surface area contributed by atoms with Crippen molar-refractivity contribution in [3.8, 4) is 11.5 Å². The molecule has 21 heavy (non-hydrogen) atoms. The highest BCUT2D eigenvalue weighted by atomic mass is 79.9. The van der Waals surface area contributed by atoms with E-state index in [-0.39, 0.29) is 18.0 Å². The summed E-state index contributed by atoms with van der Waals surface area (Å²) in [6, 6.07) is 10.3. The van der Waals surface area contributed by atoms with Crippen molar-refractivity contribution in [3.05, 3.63) is 57.8 Å². The molecule has 2 aromatic rings. The summed E-state index contributed by atoms with van der Waals surface area (Å²) in [5, 5.41) is 0. The molecule has 110 valence electrons. The molecule has 2 N–H and O–H groups in total. The largest absolute Gasteiger partial charge is 0.497 e. The van der Waals surface area contributed by atoms with E-state index in [2.05, 4.69) is 15.9 Å². The lowest BCUT2D eigenvalue weighted by Gasteiger charge is -2.31. The number of ether oxygens (including phenoxy) is 2. The van der Waals surface area contributed by atoms with Crippen LogP contribution in [0.25, 0.3) is 0 Å². The highest BCUT2D eigenvalue weighted by Crippen LogP contribution is 2.41. The zero-order valence-electron chi connectivity index (χ0n) is 11.5. The van der Waals surface area contributed by atoms with Crippen LogP contribution in [0.15, 0.2) is 40.9 Å². The molecule has 1 unspecified atom stereocenters. The molecule has 1 aliphatic heterocycles. The van der Waals surface area contributed by atoms with Crippen LogP contribution in [0.3, 0.4) is 0 Å². The Balaban J connectivity index is 1.94. The zero-order chi connectivity index (χ0) is 15.0. The standard InChI is InChI=1S/C16H15BrFNO2/c1-20-10-3-5-15-12(7-10)14(19)8-16(21-15)11-4-2-9(17)6-13(11)18/h2-7,14,16H,8,19H2,1H3/t14-,16?/m1/s1. The van der Waals surface area contributed by atoms with Crippen LogP contribution in [-0.4, -0.2) is 7.11 Å². The van der Waals surface area contributed by atoms with Gasteiger partial charge in [-0.1, -0.05) is 22.0 Å². The van der Waals surface area contributed by atoms with E-state index in [1.165, 1.54) is 6.07 Å². The molecule has 1 aliphatic rings. The molecule has 0 radical (unpaired) electrons. The van der Waals surface area contributed by atoms with E-state index in [4.69, 9.17) is 15.2 Å². The number of hydrogen-bond acceptors (Lipinski definition) is 3. The summed E-state index contributed by atoms with van der Waals surface area (Å²) in [7, 11) is 1.61. The van der Waals surface area contributed by atoms with Crippen molar-refractivity contribution in [3.63, 3.8) is 0 Å². The van der Waals surface area contributed by atoms with Crippen molar-refractivity contribution < 1.29 is 13.9 Å². The van der Waals surface area contributed by atoms with E-state index >= 15 is 0 Å². The number of hydrogen-bond donors (Lipinski definition) is 1. The van der Waals surface area contributed by atoms with Crippen molar-refractivity contribution in [1.82, 2.24) is 0 Å². The Labute approximate surface area is 131 Å². The van der Waals surface area contributed by atoms with Gasteiger partial charge in [0.25, 0.3) is 0 Å². The van der Waals surface area contributed by atoms with Gasteiger partial charge in [0.1, 0.15) is 23.4 Å². The molecule has 0 aliphatic carbocycles. The first-order valence-corrected chi connectivity index (χ1v) is 7.43. The maximum Gasteiger partial charge on any atom is 0.131 e. The van der Waals surface area contributed by atoms with Crippen LogP contribution in [0.1, 0.15) is 29.7 Å². The topological polar surface area (TPSA) is 44.5 Å². The van der Waals surface area contributed by atoms with E-state index in [1.54, 1.807) is 19.2 Å². The molecule has 5 heteroatoms. The van der Waals surface area contributed by atoms with E-state index < -0.39 is 0 Å². The van der Waals surface area contributed by atoms with Crippen LogP contribution < -0.4 is 15.2 Å². The average Bonchev–Trinajstić information content (AvgIpc) is 2.47. The van der Waals surface area contributed by atoms with Gasteiger partial charge in [0, 0.05) is 28.1 Å². The Kier molecular flexibility index (Phi) is 3.87. The van der Waals surface area contributed by atoms with Crippen LogP contribution in [-0.2, 0) is 0 Å². The third-order valence-electron chi connectivity index (χ3n) is 3.66. The highest BCUT2D eigenvalue weighted by Gasteiger charge is 2.29. The second-order valence-corrected chi connectivity index (χ2v) is 5.93. The lowest BCUT2D eigenvalue weighted by Crippen LogP contribution is -2.24. The number of methoxy groups -OCH3 is 1. The maximum atomic E-state index is 14.1. The van der Waals surface area contributed by atoms with Crippen molar-refractivity contribution in [2.75, 3.05) is 7.11 Å². The van der Waals surface area contributed by atoms with Gasteiger partial charge in [0.2, 0.25) is 0 Å². The first-order chi connectivity index (χ1) is 10.1. The minimum atomic E-state index is -0.381. The quantitative estimate of drug-likeness (QED) is 0.884. The Morgan fingerprint density at radius 2 is 2.05 bits per heavy atom. The van der Waals surface area contributed by atoms with Gasteiger partial charge in [-0.25, -0.2) is 4.39 Å². The molecule has 2 aromatic carbocycles. The van der Waals surface area contributed by atoms with Gasteiger partial charge in [-0.3, -0.25) is 0 Å². The fourth-order valence-corrected chi connectivity index (χ4v) is 2.90. The minimum absolute atomic E-state index is 0.211. The first-order valence-electron chi connectivity index (χ1n) is 6.63. The molecule has 0 bridgehead atoms. The van der Waals surface area contributed by atoms with Crippen molar-refractivity contribution >= 4 is 15.9 Å². The summed E-state index contributed by atoms with van der Waals surface area (Å²) in [4.78, 5) is 0. The Morgan fingerprint density at radius 1 is 1.24 bits per heavy atom. The van der Waals surface area contributed by atoms with Gasteiger partial charge < -0.3 is 15.2 Å². The van der Waals surface area contributed by atoms with Crippen LogP contribution >= 0.6 is 15.9 Å². The Morgan fingerprint density at radius 3 is 2.76 bits per heavy atom. The number of halogens is 2. The number of nitrogens with two attached hydrogens (primary N) is 1. The molecule has 0 saturated carbocycles. The molecular weight excluding hydrogens is 337 g/mol. The zero-order valence-corrected chi connectivity index (χ0v) is 13.1. The molecule has 0 aromatic heterocycles. The monoisotopic (exact) mass is 351 g/mol. The number of rotatable bonds is 2. The van der Waals surface area contributed by atoms with E-state index in [0.717, 1.165) is 11.3 Å². The summed E-state index contributed by atoms with van der Waals surface area (Å²) >= 11 is 3.25. The van der Waals surface area contributed by atoms with E-state index in [9.17, 15) is 4.39 Å². The van der Waals surface area contributed by atoms with Gasteiger partial charge >= 0.3 is 0 Å². The smallest absolute Gasteiger partial charge is 0.131 e. The fourth-order valence-electron chi connectivity index (χ4n) is 2.56. The lowest BCUT2D eigenvalue weighted by atomic mass is 9.93. The molecule has 0 saturated heterocycles. The molecule has 3 nitrogen and oxygen atoms in total. The molecular formula is C16H15BrFNO2. The predicted octanol–water partition coefficient (Wildman–Crippen LogP) is 4.12. The van der Waals surface area contributed by atoms with Crippen molar-refractivity contribution in [2.45, 2.75) is 18.6 Å². The third-order valence-corrected chi connectivity index (χ3v) is 4.16. The Hall–Kier alpha value is -1.59. The third kappa shape index (κ3) is 2.76. The summed E-state index contributed by atoms with van der Waals surface area (Å²) in [5.41, 5.74) is 7.63. The summed E-state index contributed by atoms with van der Waals surface area (Å²) in [6.07, 6.45) is 0.146. The minimum Gasteiger partial charge on any atom is -0.497 e. The summed E-state index contributed by atoms with van der Waals surface area (Å²) in [6.45, 7) is 0. The predicted molar refractivity (Wildman–Crippen MR) is 82.0 cm³/mol. The molecule has 0 fully saturated rings. The molecule has 0 amide bonds. The van der Waals surface area contributed by atoms with Gasteiger partial charge in [-0.05, 0) is 30.3 Å². The molecule has 1 heterocycles. The van der Waals surface area contributed by atoms with Gasteiger partial charge in [0.05, 0.1) is 7.11 Å². The SMILES string of the molecule is COc1ccc2c(c1)[C@H](N)CC(c1ccc(Br)cc1F)O2. The van der Waals surface area contributed by atoms with Crippen LogP contribution in [0.5, 0.6) is 11.5 Å². The Bertz CT molecular complexity index is 677. The number of benzene rings is 2. The van der Waals surface area contributed by atoms with Gasteiger partial charge in [-0.2, -0.15) is 0 Å². The lowest BCUT2D eigenvalue weighted by molar-refractivity contribution is 0.157.